The van der Waals surface area contributed by atoms with Gasteiger partial charge in [-0.2, -0.15) is 0 Å². The number of aliphatic hydroxyl groups excluding tert-OH is 1. The number of ether oxygens (including phenoxy) is 1. The van der Waals surface area contributed by atoms with Gasteiger partial charge >= 0.3 is 0 Å². The minimum Gasteiger partial charge on any atom is -0.481 e. The fourth-order valence-electron chi connectivity index (χ4n) is 1.63. The van der Waals surface area contributed by atoms with E-state index in [1.54, 1.807) is 25.4 Å². The summed E-state index contributed by atoms with van der Waals surface area (Å²) in [6, 6.07) is 3.59. The van der Waals surface area contributed by atoms with E-state index in [4.69, 9.17) is 14.4 Å². The van der Waals surface area contributed by atoms with E-state index in [0.717, 1.165) is 11.1 Å². The van der Waals surface area contributed by atoms with Gasteiger partial charge in [-0.1, -0.05) is 11.2 Å². The molecule has 18 heavy (non-hydrogen) atoms. The van der Waals surface area contributed by atoms with Gasteiger partial charge in [0.05, 0.1) is 12.7 Å². The van der Waals surface area contributed by atoms with Crippen molar-refractivity contribution in [1.82, 2.24) is 10.1 Å². The lowest BCUT2D eigenvalue weighted by atomic mass is 10.1. The Hall–Kier alpha value is -2.14. The molecular weight excluding hydrogens is 232 g/mol. The molecule has 0 fully saturated rings. The van der Waals surface area contributed by atoms with E-state index in [2.05, 4.69) is 16.7 Å². The fraction of sp³-hybridized carbons (Fsp3) is 0.231. The van der Waals surface area contributed by atoms with Gasteiger partial charge < -0.3 is 14.4 Å². The SMILES string of the molecule is C=CCc1cnc(OC)c(-c2cc(CO)on2)c1. The van der Waals surface area contributed by atoms with Crippen LogP contribution in [-0.4, -0.2) is 22.4 Å². The third-order valence-corrected chi connectivity index (χ3v) is 2.47. The Morgan fingerprint density at radius 1 is 1.50 bits per heavy atom. The molecule has 2 heterocycles. The Bertz CT molecular complexity index is 549. The summed E-state index contributed by atoms with van der Waals surface area (Å²) in [5.74, 6) is 0.877. The zero-order chi connectivity index (χ0) is 13.0. The normalized spacial score (nSPS) is 10.3. The molecule has 5 nitrogen and oxygen atoms in total. The second-order valence-electron chi connectivity index (χ2n) is 3.73. The number of hydrogen-bond donors (Lipinski definition) is 1. The van der Waals surface area contributed by atoms with Crippen molar-refractivity contribution in [3.63, 3.8) is 0 Å². The van der Waals surface area contributed by atoms with Gasteiger partial charge in [-0.15, -0.1) is 6.58 Å². The molecule has 0 unspecified atom stereocenters. The van der Waals surface area contributed by atoms with E-state index in [1.807, 2.05) is 6.07 Å². The van der Waals surface area contributed by atoms with Gasteiger partial charge in [0.25, 0.3) is 0 Å². The maximum absolute atomic E-state index is 8.97. The second-order valence-corrected chi connectivity index (χ2v) is 3.73. The molecule has 0 saturated carbocycles. The van der Waals surface area contributed by atoms with Crippen molar-refractivity contribution >= 4 is 0 Å². The molecule has 0 amide bonds. The van der Waals surface area contributed by atoms with Crippen molar-refractivity contribution in [3.05, 3.63) is 42.3 Å². The Labute approximate surface area is 105 Å². The van der Waals surface area contributed by atoms with Crippen LogP contribution < -0.4 is 4.74 Å². The lowest BCUT2D eigenvalue weighted by molar-refractivity contribution is 0.229. The molecule has 2 aromatic heterocycles. The number of rotatable bonds is 5. The topological polar surface area (TPSA) is 68.4 Å². The predicted molar refractivity (Wildman–Crippen MR) is 66.1 cm³/mol. The molecule has 0 aliphatic rings. The average Bonchev–Trinajstić information content (AvgIpc) is 2.87. The minimum atomic E-state index is -0.185. The van der Waals surface area contributed by atoms with Crippen molar-refractivity contribution in [2.45, 2.75) is 13.0 Å². The molecule has 1 N–H and O–H groups in total. The van der Waals surface area contributed by atoms with Gasteiger partial charge in [0.15, 0.2) is 5.76 Å². The maximum atomic E-state index is 8.97. The van der Waals surface area contributed by atoms with Crippen LogP contribution >= 0.6 is 0 Å². The van der Waals surface area contributed by atoms with E-state index in [-0.39, 0.29) is 6.61 Å². The molecular formula is C13H14N2O3. The van der Waals surface area contributed by atoms with Gasteiger partial charge in [-0.3, -0.25) is 0 Å². The predicted octanol–water partition coefficient (Wildman–Crippen LogP) is 1.97. The highest BCUT2D eigenvalue weighted by Gasteiger charge is 2.13. The van der Waals surface area contributed by atoms with Crippen LogP contribution in [0.4, 0.5) is 0 Å². The summed E-state index contributed by atoms with van der Waals surface area (Å²) in [6.45, 7) is 3.51. The van der Waals surface area contributed by atoms with E-state index >= 15 is 0 Å². The zero-order valence-electron chi connectivity index (χ0n) is 10.1. The largest absolute Gasteiger partial charge is 0.481 e. The first-order valence-corrected chi connectivity index (χ1v) is 5.49. The molecule has 0 atom stereocenters. The standard InChI is InChI=1S/C13H14N2O3/c1-3-4-9-5-11(13(17-2)14-7-9)12-6-10(8-16)18-15-12/h3,5-7,16H,1,4,8H2,2H3. The quantitative estimate of drug-likeness (QED) is 0.817. The molecule has 5 heteroatoms. The third kappa shape index (κ3) is 2.41. The number of pyridine rings is 1. The summed E-state index contributed by atoms with van der Waals surface area (Å²) in [4.78, 5) is 4.21. The lowest BCUT2D eigenvalue weighted by Gasteiger charge is -2.06. The summed E-state index contributed by atoms with van der Waals surface area (Å²) in [7, 11) is 1.55. The molecule has 0 aromatic carbocycles. The molecule has 0 aliphatic carbocycles. The number of hydrogen-bond acceptors (Lipinski definition) is 5. The van der Waals surface area contributed by atoms with Crippen LogP contribution in [0.3, 0.4) is 0 Å². The molecule has 2 rings (SSSR count). The smallest absolute Gasteiger partial charge is 0.222 e. The van der Waals surface area contributed by atoms with Crippen LogP contribution in [0.5, 0.6) is 5.88 Å². The molecule has 94 valence electrons. The average molecular weight is 246 g/mol. The summed E-state index contributed by atoms with van der Waals surface area (Å²) >= 11 is 0. The van der Waals surface area contributed by atoms with Crippen LogP contribution in [0.25, 0.3) is 11.3 Å². The molecule has 2 aromatic rings. The zero-order valence-corrected chi connectivity index (χ0v) is 10.1. The van der Waals surface area contributed by atoms with E-state index in [9.17, 15) is 0 Å². The highest BCUT2D eigenvalue weighted by atomic mass is 16.5. The maximum Gasteiger partial charge on any atom is 0.222 e. The number of aliphatic hydroxyl groups is 1. The van der Waals surface area contributed by atoms with Crippen molar-refractivity contribution in [2.75, 3.05) is 7.11 Å². The molecule has 0 radical (unpaired) electrons. The van der Waals surface area contributed by atoms with Crippen molar-refractivity contribution in [2.24, 2.45) is 0 Å². The van der Waals surface area contributed by atoms with E-state index in [0.29, 0.717) is 23.8 Å². The van der Waals surface area contributed by atoms with Crippen molar-refractivity contribution < 1.29 is 14.4 Å². The van der Waals surface area contributed by atoms with Crippen molar-refractivity contribution in [3.8, 4) is 17.1 Å². The van der Waals surface area contributed by atoms with Crippen LogP contribution in [0.2, 0.25) is 0 Å². The number of aromatic nitrogens is 2. The third-order valence-electron chi connectivity index (χ3n) is 2.47. The molecule has 0 bridgehead atoms. The van der Waals surface area contributed by atoms with Gasteiger partial charge in [-0.05, 0) is 18.1 Å². The first kappa shape index (κ1) is 12.3. The second kappa shape index (κ2) is 5.46. The lowest BCUT2D eigenvalue weighted by Crippen LogP contribution is -1.94. The molecule has 0 spiro atoms. The van der Waals surface area contributed by atoms with Gasteiger partial charge in [0, 0.05) is 12.3 Å². The van der Waals surface area contributed by atoms with E-state index in [1.165, 1.54) is 0 Å². The number of methoxy groups -OCH3 is 1. The Morgan fingerprint density at radius 3 is 2.94 bits per heavy atom. The fourth-order valence-corrected chi connectivity index (χ4v) is 1.63. The minimum absolute atomic E-state index is 0.185. The van der Waals surface area contributed by atoms with Crippen LogP contribution in [0.1, 0.15) is 11.3 Å². The summed E-state index contributed by atoms with van der Waals surface area (Å²) in [5, 5.41) is 12.9. The van der Waals surface area contributed by atoms with Crippen LogP contribution in [0.15, 0.2) is 35.5 Å². The summed E-state index contributed by atoms with van der Waals surface area (Å²) < 4.78 is 10.2. The Morgan fingerprint density at radius 2 is 2.33 bits per heavy atom. The monoisotopic (exact) mass is 246 g/mol. The number of allylic oxidation sites excluding steroid dienone is 1. The molecule has 0 aliphatic heterocycles. The Kier molecular flexibility index (Phi) is 3.74. The van der Waals surface area contributed by atoms with Crippen LogP contribution in [0, 0.1) is 0 Å². The first-order valence-electron chi connectivity index (χ1n) is 5.49. The van der Waals surface area contributed by atoms with Gasteiger partial charge in [0.2, 0.25) is 5.88 Å². The highest BCUT2D eigenvalue weighted by Crippen LogP contribution is 2.28. The highest BCUT2D eigenvalue weighted by molar-refractivity contribution is 5.65. The summed E-state index contributed by atoms with van der Waals surface area (Å²) in [5.41, 5.74) is 2.34. The van der Waals surface area contributed by atoms with Crippen LogP contribution in [-0.2, 0) is 13.0 Å². The molecule has 0 saturated heterocycles. The summed E-state index contributed by atoms with van der Waals surface area (Å²) in [6.07, 6.45) is 4.25. The van der Waals surface area contributed by atoms with Crippen molar-refractivity contribution in [1.29, 1.82) is 0 Å². The van der Waals surface area contributed by atoms with Gasteiger partial charge in [0.1, 0.15) is 12.3 Å². The first-order chi connectivity index (χ1) is 8.78. The Balaban J connectivity index is 2.45. The number of nitrogens with zero attached hydrogens (tertiary/aromatic N) is 2. The van der Waals surface area contributed by atoms with E-state index < -0.39 is 0 Å². The van der Waals surface area contributed by atoms with Gasteiger partial charge in [-0.25, -0.2) is 4.98 Å².